The Bertz CT molecular complexity index is 366. The van der Waals surface area contributed by atoms with E-state index in [0.29, 0.717) is 5.56 Å². The van der Waals surface area contributed by atoms with Gasteiger partial charge in [0.05, 0.1) is 5.56 Å². The molecule has 0 unspecified atom stereocenters. The first-order valence-electron chi connectivity index (χ1n) is 4.33. The van der Waals surface area contributed by atoms with E-state index in [2.05, 4.69) is 0 Å². The lowest BCUT2D eigenvalue weighted by Crippen LogP contribution is -2.16. The van der Waals surface area contributed by atoms with Crippen LogP contribution in [0.2, 0.25) is 0 Å². The smallest absolute Gasteiger partial charge is 0.255 e. The van der Waals surface area contributed by atoms with E-state index in [1.807, 2.05) is 20.8 Å². The Labute approximate surface area is 87.9 Å². The van der Waals surface area contributed by atoms with Crippen LogP contribution >= 0.6 is 11.6 Å². The van der Waals surface area contributed by atoms with E-state index in [1.165, 1.54) is 6.07 Å². The summed E-state index contributed by atoms with van der Waals surface area (Å²) in [5, 5.41) is -0.743. The van der Waals surface area contributed by atoms with Crippen LogP contribution < -0.4 is 0 Å². The van der Waals surface area contributed by atoms with Gasteiger partial charge >= 0.3 is 0 Å². The van der Waals surface area contributed by atoms with Gasteiger partial charge < -0.3 is 0 Å². The maximum atomic E-state index is 13.3. The molecule has 1 aromatic rings. The minimum Gasteiger partial charge on any atom is -0.275 e. The highest BCUT2D eigenvalue weighted by molar-refractivity contribution is 6.68. The first kappa shape index (κ1) is 11.2. The average Bonchev–Trinajstić information content (AvgIpc) is 2.01. The summed E-state index contributed by atoms with van der Waals surface area (Å²) in [7, 11) is 0. The monoisotopic (exact) mass is 214 g/mol. The molecule has 0 fully saturated rings. The van der Waals surface area contributed by atoms with Crippen molar-refractivity contribution in [3.63, 3.8) is 0 Å². The third kappa shape index (κ3) is 2.13. The molecule has 0 amide bonds. The van der Waals surface area contributed by atoms with Crippen molar-refractivity contribution in [1.82, 2.24) is 0 Å². The lowest BCUT2D eigenvalue weighted by atomic mass is 9.84. The van der Waals surface area contributed by atoms with E-state index < -0.39 is 11.1 Å². The van der Waals surface area contributed by atoms with Crippen LogP contribution in [0.15, 0.2) is 18.2 Å². The molecule has 0 saturated heterocycles. The minimum atomic E-state index is -0.743. The lowest BCUT2D eigenvalue weighted by Gasteiger charge is -2.21. The topological polar surface area (TPSA) is 17.1 Å². The largest absolute Gasteiger partial charge is 0.275 e. The molecule has 0 bridgehead atoms. The fourth-order valence-corrected chi connectivity index (χ4v) is 1.54. The number of carbonyl (C=O) groups is 1. The zero-order valence-corrected chi connectivity index (χ0v) is 9.15. The van der Waals surface area contributed by atoms with Gasteiger partial charge in [-0.1, -0.05) is 32.9 Å². The number of halogens is 2. The quantitative estimate of drug-likeness (QED) is 0.654. The molecule has 1 nitrogen and oxygen atoms in total. The van der Waals surface area contributed by atoms with Gasteiger partial charge in [-0.2, -0.15) is 0 Å². The molecule has 0 N–H and O–H groups in total. The van der Waals surface area contributed by atoms with Gasteiger partial charge in [0.1, 0.15) is 5.82 Å². The van der Waals surface area contributed by atoms with Crippen LogP contribution in [0.1, 0.15) is 36.7 Å². The summed E-state index contributed by atoms with van der Waals surface area (Å²) in [5.41, 5.74) is 0.335. The number of benzene rings is 1. The molecular weight excluding hydrogens is 203 g/mol. The van der Waals surface area contributed by atoms with Gasteiger partial charge in [0.2, 0.25) is 0 Å². The van der Waals surface area contributed by atoms with Gasteiger partial charge in [-0.25, -0.2) is 4.39 Å². The van der Waals surface area contributed by atoms with Crippen LogP contribution in [0.3, 0.4) is 0 Å². The van der Waals surface area contributed by atoms with Gasteiger partial charge in [-0.15, -0.1) is 0 Å². The molecule has 0 atom stereocenters. The maximum Gasteiger partial charge on any atom is 0.255 e. The second-order valence-corrected chi connectivity index (χ2v) is 4.53. The standard InChI is InChI=1S/C11H12ClFO/c1-11(2,3)7-5-4-6-8(13)9(7)10(12)14/h4-6H,1-3H3. The van der Waals surface area contributed by atoms with Crippen molar-refractivity contribution in [1.29, 1.82) is 0 Å². The van der Waals surface area contributed by atoms with Crippen LogP contribution in [0, 0.1) is 5.82 Å². The van der Waals surface area contributed by atoms with E-state index in [1.54, 1.807) is 12.1 Å². The summed E-state index contributed by atoms with van der Waals surface area (Å²) in [6.07, 6.45) is 0. The molecule has 1 aromatic carbocycles. The highest BCUT2D eigenvalue weighted by Gasteiger charge is 2.23. The Morgan fingerprint density at radius 1 is 1.36 bits per heavy atom. The summed E-state index contributed by atoms with van der Waals surface area (Å²) in [6, 6.07) is 4.54. The molecule has 76 valence electrons. The SMILES string of the molecule is CC(C)(C)c1cccc(F)c1C(=O)Cl. The number of hydrogen-bond donors (Lipinski definition) is 0. The van der Waals surface area contributed by atoms with Crippen LogP contribution in [-0.4, -0.2) is 5.24 Å². The molecule has 0 aromatic heterocycles. The van der Waals surface area contributed by atoms with Crippen LogP contribution in [0.4, 0.5) is 4.39 Å². The molecule has 0 spiro atoms. The normalized spacial score (nSPS) is 11.5. The molecule has 1 rings (SSSR count). The van der Waals surface area contributed by atoms with Crippen molar-refractivity contribution in [3.8, 4) is 0 Å². The highest BCUT2D eigenvalue weighted by Crippen LogP contribution is 2.28. The van der Waals surface area contributed by atoms with Crippen molar-refractivity contribution >= 4 is 16.8 Å². The van der Waals surface area contributed by atoms with Crippen LogP contribution in [-0.2, 0) is 5.41 Å². The third-order valence-corrected chi connectivity index (χ3v) is 2.21. The highest BCUT2D eigenvalue weighted by atomic mass is 35.5. The second-order valence-electron chi connectivity index (χ2n) is 4.19. The predicted molar refractivity (Wildman–Crippen MR) is 55.3 cm³/mol. The molecule has 0 heterocycles. The molecule has 0 aliphatic rings. The van der Waals surface area contributed by atoms with Gasteiger partial charge in [-0.05, 0) is 28.6 Å². The molecule has 0 aliphatic heterocycles. The van der Waals surface area contributed by atoms with Gasteiger partial charge in [0.25, 0.3) is 5.24 Å². The van der Waals surface area contributed by atoms with E-state index in [9.17, 15) is 9.18 Å². The second kappa shape index (κ2) is 3.70. The Balaban J connectivity index is 3.44. The average molecular weight is 215 g/mol. The number of rotatable bonds is 1. The van der Waals surface area contributed by atoms with Crippen molar-refractivity contribution < 1.29 is 9.18 Å². The fourth-order valence-electron chi connectivity index (χ4n) is 1.35. The Hall–Kier alpha value is -0.890. The lowest BCUT2D eigenvalue weighted by molar-refractivity contribution is 0.107. The van der Waals surface area contributed by atoms with Gasteiger partial charge in [0.15, 0.2) is 0 Å². The van der Waals surface area contributed by atoms with E-state index in [4.69, 9.17) is 11.6 Å². The first-order valence-corrected chi connectivity index (χ1v) is 4.70. The fraction of sp³-hybridized carbons (Fsp3) is 0.364. The first-order chi connectivity index (χ1) is 6.34. The molecule has 0 radical (unpaired) electrons. The third-order valence-electron chi connectivity index (χ3n) is 2.02. The van der Waals surface area contributed by atoms with Crippen LogP contribution in [0.5, 0.6) is 0 Å². The molecule has 0 saturated carbocycles. The van der Waals surface area contributed by atoms with E-state index in [-0.39, 0.29) is 11.0 Å². The van der Waals surface area contributed by atoms with Gasteiger partial charge in [-0.3, -0.25) is 4.79 Å². The number of carbonyl (C=O) groups excluding carboxylic acids is 1. The van der Waals surface area contributed by atoms with Crippen LogP contribution in [0.25, 0.3) is 0 Å². The molecule has 0 aliphatic carbocycles. The molecule has 3 heteroatoms. The van der Waals surface area contributed by atoms with Crippen molar-refractivity contribution in [2.75, 3.05) is 0 Å². The Morgan fingerprint density at radius 3 is 2.29 bits per heavy atom. The van der Waals surface area contributed by atoms with Crippen molar-refractivity contribution in [2.45, 2.75) is 26.2 Å². The summed E-state index contributed by atoms with van der Waals surface area (Å²) in [6.45, 7) is 5.72. The Kier molecular flexibility index (Phi) is 2.95. The number of hydrogen-bond acceptors (Lipinski definition) is 1. The van der Waals surface area contributed by atoms with E-state index in [0.717, 1.165) is 0 Å². The van der Waals surface area contributed by atoms with Crippen molar-refractivity contribution in [3.05, 3.63) is 35.1 Å². The predicted octanol–water partition coefficient (Wildman–Crippen LogP) is 3.50. The zero-order chi connectivity index (χ0) is 10.9. The molecular formula is C11H12ClFO. The minimum absolute atomic E-state index is 0.0123. The summed E-state index contributed by atoms with van der Waals surface area (Å²) in [5.74, 6) is -0.558. The summed E-state index contributed by atoms with van der Waals surface area (Å²) < 4.78 is 13.3. The Morgan fingerprint density at radius 2 is 1.93 bits per heavy atom. The maximum absolute atomic E-state index is 13.3. The van der Waals surface area contributed by atoms with E-state index >= 15 is 0 Å². The zero-order valence-electron chi connectivity index (χ0n) is 8.40. The summed E-state index contributed by atoms with van der Waals surface area (Å²) in [4.78, 5) is 11.1. The summed E-state index contributed by atoms with van der Waals surface area (Å²) >= 11 is 5.34. The molecule has 14 heavy (non-hydrogen) atoms. The van der Waals surface area contributed by atoms with Gasteiger partial charge in [0, 0.05) is 0 Å². The van der Waals surface area contributed by atoms with Crippen molar-refractivity contribution in [2.24, 2.45) is 0 Å².